The smallest absolute Gasteiger partial charge is 0.314 e. The Morgan fingerprint density at radius 3 is 2.00 bits per heavy atom. The summed E-state index contributed by atoms with van der Waals surface area (Å²) < 4.78 is 0. The summed E-state index contributed by atoms with van der Waals surface area (Å²) in [5.41, 5.74) is 1.42. The van der Waals surface area contributed by atoms with Crippen molar-refractivity contribution in [2.45, 2.75) is 11.8 Å². The molecule has 0 spiro atoms. The Kier molecular flexibility index (Phi) is 5.54. The molecule has 0 aliphatic carbocycles. The summed E-state index contributed by atoms with van der Waals surface area (Å²) in [6.07, 6.45) is 1.93. The number of thioether (sulfide) groups is 1. The monoisotopic (exact) mass is 328 g/mol. The van der Waals surface area contributed by atoms with Gasteiger partial charge in [0.15, 0.2) is 5.78 Å². The van der Waals surface area contributed by atoms with E-state index in [0.717, 1.165) is 4.90 Å². The second-order valence-electron chi connectivity index (χ2n) is 4.78. The normalized spacial score (nSPS) is 10.0. The maximum atomic E-state index is 11.9. The summed E-state index contributed by atoms with van der Waals surface area (Å²) in [6.45, 7) is 1.44. The molecule has 2 amide bonds. The molecule has 6 heteroatoms. The summed E-state index contributed by atoms with van der Waals surface area (Å²) in [6, 6.07) is 13.6. The highest BCUT2D eigenvalue weighted by Gasteiger charge is 2.14. The van der Waals surface area contributed by atoms with Gasteiger partial charge in [-0.25, -0.2) is 0 Å². The summed E-state index contributed by atoms with van der Waals surface area (Å²) in [5, 5.41) is 5.02. The molecule has 0 radical (unpaired) electrons. The van der Waals surface area contributed by atoms with Crippen molar-refractivity contribution in [3.05, 3.63) is 54.1 Å². The molecule has 0 unspecified atom stereocenters. The molecule has 0 aromatic heterocycles. The van der Waals surface area contributed by atoms with Gasteiger partial charge in [-0.05, 0) is 43.5 Å². The number of carbonyl (C=O) groups is 3. The molecule has 0 saturated carbocycles. The highest BCUT2D eigenvalue weighted by Crippen LogP contribution is 2.19. The predicted octanol–water partition coefficient (Wildman–Crippen LogP) is 3.19. The van der Waals surface area contributed by atoms with Gasteiger partial charge < -0.3 is 10.6 Å². The van der Waals surface area contributed by atoms with Gasteiger partial charge in [0.1, 0.15) is 0 Å². The third-order valence-electron chi connectivity index (χ3n) is 3.06. The summed E-state index contributed by atoms with van der Waals surface area (Å²) in [5.74, 6) is -1.67. The van der Waals surface area contributed by atoms with Gasteiger partial charge in [-0.1, -0.05) is 18.2 Å². The highest BCUT2D eigenvalue weighted by atomic mass is 32.2. The van der Waals surface area contributed by atoms with Gasteiger partial charge >= 0.3 is 11.8 Å². The molecule has 2 N–H and O–H groups in total. The van der Waals surface area contributed by atoms with Crippen LogP contribution in [-0.2, 0) is 9.59 Å². The summed E-state index contributed by atoms with van der Waals surface area (Å²) in [7, 11) is 0. The lowest BCUT2D eigenvalue weighted by atomic mass is 10.1. The topological polar surface area (TPSA) is 75.3 Å². The van der Waals surface area contributed by atoms with Gasteiger partial charge in [0, 0.05) is 21.8 Å². The van der Waals surface area contributed by atoms with E-state index >= 15 is 0 Å². The van der Waals surface area contributed by atoms with Gasteiger partial charge in [-0.15, -0.1) is 11.8 Å². The van der Waals surface area contributed by atoms with Crippen LogP contribution in [0.4, 0.5) is 11.4 Å². The number of anilines is 2. The fourth-order valence-electron chi connectivity index (χ4n) is 1.89. The first-order chi connectivity index (χ1) is 11.0. The zero-order valence-corrected chi connectivity index (χ0v) is 13.6. The average Bonchev–Trinajstić information content (AvgIpc) is 2.55. The minimum Gasteiger partial charge on any atom is -0.318 e. The fourth-order valence-corrected chi connectivity index (χ4v) is 2.35. The molecule has 23 heavy (non-hydrogen) atoms. The zero-order valence-electron chi connectivity index (χ0n) is 12.8. The number of ketones is 1. The van der Waals surface area contributed by atoms with Crippen molar-refractivity contribution in [1.82, 2.24) is 0 Å². The van der Waals surface area contributed by atoms with Crippen molar-refractivity contribution in [3.8, 4) is 0 Å². The molecule has 118 valence electrons. The molecule has 2 aromatic rings. The molecule has 0 saturated heterocycles. The number of Topliss-reactive ketones (excluding diaryl/α,β-unsaturated/α-hetero) is 1. The third kappa shape index (κ3) is 4.69. The van der Waals surface area contributed by atoms with Crippen molar-refractivity contribution < 1.29 is 14.4 Å². The summed E-state index contributed by atoms with van der Waals surface area (Å²) >= 11 is 1.54. The van der Waals surface area contributed by atoms with Crippen LogP contribution in [0.15, 0.2) is 53.4 Å². The largest absolute Gasteiger partial charge is 0.318 e. The van der Waals surface area contributed by atoms with Crippen LogP contribution in [0.1, 0.15) is 17.3 Å². The third-order valence-corrected chi connectivity index (χ3v) is 3.79. The van der Waals surface area contributed by atoms with Crippen molar-refractivity contribution >= 4 is 40.7 Å². The number of benzene rings is 2. The van der Waals surface area contributed by atoms with Crippen molar-refractivity contribution in [2.75, 3.05) is 16.9 Å². The molecule has 0 atom stereocenters. The Bertz CT molecular complexity index is 759. The highest BCUT2D eigenvalue weighted by molar-refractivity contribution is 7.98. The Balaban J connectivity index is 2.03. The van der Waals surface area contributed by atoms with Crippen molar-refractivity contribution in [1.29, 1.82) is 0 Å². The Morgan fingerprint density at radius 2 is 1.43 bits per heavy atom. The van der Waals surface area contributed by atoms with Crippen molar-refractivity contribution in [3.63, 3.8) is 0 Å². The molecule has 0 aliphatic heterocycles. The Hall–Kier alpha value is -2.60. The standard InChI is InChI=1S/C17H16N2O3S/c1-11(20)12-5-3-6-13(9-12)18-16(21)17(22)19-14-7-4-8-15(10-14)23-2/h3-10H,1-2H3,(H,18,21)(H,19,22). The van der Waals surface area contributed by atoms with Crippen LogP contribution in [0.2, 0.25) is 0 Å². The zero-order chi connectivity index (χ0) is 16.8. The van der Waals surface area contributed by atoms with E-state index in [2.05, 4.69) is 10.6 Å². The van der Waals surface area contributed by atoms with Gasteiger partial charge in [0.05, 0.1) is 0 Å². The van der Waals surface area contributed by atoms with E-state index in [4.69, 9.17) is 0 Å². The number of carbonyl (C=O) groups excluding carboxylic acids is 3. The van der Waals surface area contributed by atoms with E-state index in [9.17, 15) is 14.4 Å². The van der Waals surface area contributed by atoms with E-state index in [0.29, 0.717) is 16.9 Å². The minimum atomic E-state index is -0.791. The lowest BCUT2D eigenvalue weighted by Crippen LogP contribution is -2.29. The molecule has 0 aliphatic rings. The molecule has 0 fully saturated rings. The fraction of sp³-hybridized carbons (Fsp3) is 0.118. The maximum Gasteiger partial charge on any atom is 0.314 e. The number of amides is 2. The van der Waals surface area contributed by atoms with Crippen LogP contribution in [0.5, 0.6) is 0 Å². The molecule has 0 bridgehead atoms. The Morgan fingerprint density at radius 1 is 0.870 bits per heavy atom. The van der Waals surface area contributed by atoms with E-state index in [1.807, 2.05) is 12.3 Å². The maximum absolute atomic E-state index is 11.9. The van der Waals surface area contributed by atoms with Gasteiger partial charge in [-0.2, -0.15) is 0 Å². The van der Waals surface area contributed by atoms with E-state index in [1.165, 1.54) is 13.0 Å². The van der Waals surface area contributed by atoms with Crippen LogP contribution in [0.3, 0.4) is 0 Å². The molecule has 2 rings (SSSR count). The van der Waals surface area contributed by atoms with E-state index < -0.39 is 11.8 Å². The first-order valence-electron chi connectivity index (χ1n) is 6.87. The van der Waals surface area contributed by atoms with Crippen LogP contribution in [-0.4, -0.2) is 23.9 Å². The van der Waals surface area contributed by atoms with Gasteiger partial charge in [-0.3, -0.25) is 14.4 Å². The molecule has 5 nitrogen and oxygen atoms in total. The molecular formula is C17H16N2O3S. The molecule has 0 heterocycles. The SMILES string of the molecule is CSc1cccc(NC(=O)C(=O)Nc2cccc(C(C)=O)c2)c1. The number of rotatable bonds is 4. The molecule has 2 aromatic carbocycles. The van der Waals surface area contributed by atoms with E-state index in [-0.39, 0.29) is 5.78 Å². The Labute approximate surface area is 138 Å². The first-order valence-corrected chi connectivity index (χ1v) is 8.09. The minimum absolute atomic E-state index is 0.112. The quantitative estimate of drug-likeness (QED) is 0.513. The average molecular weight is 328 g/mol. The van der Waals surface area contributed by atoms with Crippen molar-refractivity contribution in [2.24, 2.45) is 0 Å². The lowest BCUT2D eigenvalue weighted by Gasteiger charge is -2.08. The second kappa shape index (κ2) is 7.60. The number of hydrogen-bond donors (Lipinski definition) is 2. The van der Waals surface area contributed by atoms with Crippen LogP contribution >= 0.6 is 11.8 Å². The predicted molar refractivity (Wildman–Crippen MR) is 91.9 cm³/mol. The number of hydrogen-bond acceptors (Lipinski definition) is 4. The van der Waals surface area contributed by atoms with Gasteiger partial charge in [0.25, 0.3) is 0 Å². The molecular weight excluding hydrogens is 312 g/mol. The van der Waals surface area contributed by atoms with Crippen LogP contribution in [0.25, 0.3) is 0 Å². The second-order valence-corrected chi connectivity index (χ2v) is 5.66. The van der Waals surface area contributed by atoms with Crippen LogP contribution < -0.4 is 10.6 Å². The lowest BCUT2D eigenvalue weighted by molar-refractivity contribution is -0.133. The van der Waals surface area contributed by atoms with E-state index in [1.54, 1.807) is 48.2 Å². The summed E-state index contributed by atoms with van der Waals surface area (Å²) in [4.78, 5) is 36.2. The number of nitrogens with one attached hydrogen (secondary N) is 2. The first kappa shape index (κ1) is 16.8. The van der Waals surface area contributed by atoms with Gasteiger partial charge in [0.2, 0.25) is 0 Å². The van der Waals surface area contributed by atoms with Crippen LogP contribution in [0, 0.1) is 0 Å².